The number of nitrogens with zero attached hydrogens (tertiary/aromatic N) is 5. The number of piperazine rings is 1. The standard InChI is InChI=1S/C47H56FN7O4/c1-46(2)24-31(25-47(3,4)59-46)21-37(32-5-9-40-38(23-32)39(48)27-49-40)33-6-11-42(50-26-33)54-15-13-30(14-16-54)28-52-17-19-53(20-18-52)35-7-8-36-34(22-35)29-55(45(36)58)41-10-12-43(56)51-44(41)57/h5-9,11,21-23,26-27,30-31,41,49H,10,12-20,24-25,28-29H2,1-4H3,(H,51,56,57)/t41-/m0/s1. The van der Waals surface area contributed by atoms with Crippen LogP contribution < -0.4 is 15.1 Å². The van der Waals surface area contributed by atoms with Crippen LogP contribution in [0.3, 0.4) is 0 Å². The third kappa shape index (κ3) is 8.26. The summed E-state index contributed by atoms with van der Waals surface area (Å²) in [4.78, 5) is 54.4. The average Bonchev–Trinajstić information content (AvgIpc) is 3.74. The van der Waals surface area contributed by atoms with E-state index in [-0.39, 0.29) is 41.2 Å². The number of allylic oxidation sites excluding steroid dienone is 1. The number of amides is 3. The Bertz CT molecular complexity index is 2270. The first-order valence-electron chi connectivity index (χ1n) is 21.4. The number of hydrogen-bond donors (Lipinski definition) is 2. The molecule has 5 aliphatic rings. The summed E-state index contributed by atoms with van der Waals surface area (Å²) in [7, 11) is 0. The number of imide groups is 1. The van der Waals surface area contributed by atoms with Crippen LogP contribution in [-0.4, -0.2) is 101 Å². The Labute approximate surface area is 346 Å². The molecule has 0 saturated carbocycles. The first kappa shape index (κ1) is 39.4. The summed E-state index contributed by atoms with van der Waals surface area (Å²) in [5.41, 5.74) is 6.10. The highest BCUT2D eigenvalue weighted by Gasteiger charge is 2.40. The van der Waals surface area contributed by atoms with Crippen molar-refractivity contribution in [2.45, 2.75) is 90.0 Å². The number of halogens is 1. The summed E-state index contributed by atoms with van der Waals surface area (Å²) in [6, 6.07) is 15.8. The molecule has 5 aliphatic heterocycles. The quantitative estimate of drug-likeness (QED) is 0.185. The van der Waals surface area contributed by atoms with Crippen molar-refractivity contribution in [1.82, 2.24) is 25.1 Å². The van der Waals surface area contributed by atoms with Crippen LogP contribution >= 0.6 is 0 Å². The highest BCUT2D eigenvalue weighted by molar-refractivity contribution is 6.05. The van der Waals surface area contributed by atoms with Gasteiger partial charge in [0, 0.05) is 98.9 Å². The molecule has 9 rings (SSSR count). The van der Waals surface area contributed by atoms with Gasteiger partial charge in [-0.25, -0.2) is 9.37 Å². The molecule has 0 unspecified atom stereocenters. The molecule has 3 amide bonds. The largest absolute Gasteiger partial charge is 0.370 e. The highest BCUT2D eigenvalue weighted by atomic mass is 19.1. The van der Waals surface area contributed by atoms with Crippen molar-refractivity contribution in [1.29, 1.82) is 0 Å². The van der Waals surface area contributed by atoms with Gasteiger partial charge in [-0.05, 0) is 131 Å². The number of carbonyl (C=O) groups excluding carboxylic acids is 3. The van der Waals surface area contributed by atoms with Crippen LogP contribution in [0.1, 0.15) is 93.3 Å². The maximum absolute atomic E-state index is 14.8. The number of aromatic amines is 1. The molecule has 0 aliphatic carbocycles. The predicted octanol–water partition coefficient (Wildman–Crippen LogP) is 6.92. The molecular weight excluding hydrogens is 746 g/mol. The number of fused-ring (bicyclic) bond motifs is 2. The molecule has 0 radical (unpaired) electrons. The number of hydrogen-bond acceptors (Lipinski definition) is 8. The minimum atomic E-state index is -0.599. The summed E-state index contributed by atoms with van der Waals surface area (Å²) < 4.78 is 21.2. The smallest absolute Gasteiger partial charge is 0.255 e. The van der Waals surface area contributed by atoms with Crippen molar-refractivity contribution in [3.05, 3.63) is 95.1 Å². The summed E-state index contributed by atoms with van der Waals surface area (Å²) in [6.07, 6.45) is 10.5. The first-order valence-corrected chi connectivity index (χ1v) is 21.4. The second-order valence-electron chi connectivity index (χ2n) is 18.6. The number of piperidine rings is 2. The molecule has 4 fully saturated rings. The molecule has 11 nitrogen and oxygen atoms in total. The van der Waals surface area contributed by atoms with Crippen LogP contribution in [0.4, 0.5) is 15.9 Å². The third-order valence-electron chi connectivity index (χ3n) is 13.2. The van der Waals surface area contributed by atoms with Gasteiger partial charge in [-0.1, -0.05) is 12.1 Å². The van der Waals surface area contributed by atoms with Crippen LogP contribution in [0, 0.1) is 17.7 Å². The Balaban J connectivity index is 0.802. The molecule has 59 heavy (non-hydrogen) atoms. The normalized spacial score (nSPS) is 23.3. The number of aromatic nitrogens is 2. The van der Waals surface area contributed by atoms with Crippen LogP contribution in [0.2, 0.25) is 0 Å². The Hall–Kier alpha value is -5.07. The fourth-order valence-corrected chi connectivity index (χ4v) is 10.5. The Morgan fingerprint density at radius 1 is 0.881 bits per heavy atom. The number of carbonyl (C=O) groups is 3. The zero-order valence-corrected chi connectivity index (χ0v) is 34.7. The summed E-state index contributed by atoms with van der Waals surface area (Å²) in [6.45, 7) is 15.9. The van der Waals surface area contributed by atoms with E-state index in [2.05, 4.69) is 83.0 Å². The number of anilines is 2. The highest BCUT2D eigenvalue weighted by Crippen LogP contribution is 2.41. The molecule has 0 spiro atoms. The van der Waals surface area contributed by atoms with Crippen LogP contribution in [0.25, 0.3) is 16.5 Å². The molecule has 2 aromatic carbocycles. The lowest BCUT2D eigenvalue weighted by atomic mass is 9.79. The van der Waals surface area contributed by atoms with E-state index >= 15 is 0 Å². The van der Waals surface area contributed by atoms with E-state index in [0.717, 1.165) is 111 Å². The molecule has 4 aromatic rings. The zero-order chi connectivity index (χ0) is 41.1. The van der Waals surface area contributed by atoms with Gasteiger partial charge in [-0.3, -0.25) is 24.6 Å². The van der Waals surface area contributed by atoms with Crippen molar-refractivity contribution >= 4 is 45.7 Å². The lowest BCUT2D eigenvalue weighted by Gasteiger charge is -2.45. The fourth-order valence-electron chi connectivity index (χ4n) is 10.5. The maximum Gasteiger partial charge on any atom is 0.255 e. The number of benzene rings is 2. The van der Waals surface area contributed by atoms with Gasteiger partial charge in [0.1, 0.15) is 17.7 Å². The topological polar surface area (TPSA) is 114 Å². The number of pyridine rings is 1. The van der Waals surface area contributed by atoms with Crippen LogP contribution in [-0.2, 0) is 20.9 Å². The minimum absolute atomic E-state index is 0.133. The summed E-state index contributed by atoms with van der Waals surface area (Å²) in [5.74, 6) is 0.891. The number of ether oxygens (including phenoxy) is 1. The van der Waals surface area contributed by atoms with Gasteiger partial charge in [0.25, 0.3) is 5.91 Å². The maximum atomic E-state index is 14.8. The lowest BCUT2D eigenvalue weighted by molar-refractivity contribution is -0.166. The van der Waals surface area contributed by atoms with E-state index < -0.39 is 6.04 Å². The van der Waals surface area contributed by atoms with Gasteiger partial charge in [-0.2, -0.15) is 0 Å². The van der Waals surface area contributed by atoms with Crippen LogP contribution in [0.5, 0.6) is 0 Å². The summed E-state index contributed by atoms with van der Waals surface area (Å²) in [5, 5.41) is 2.98. The van der Waals surface area contributed by atoms with Crippen molar-refractivity contribution in [2.75, 3.05) is 55.6 Å². The van der Waals surface area contributed by atoms with Gasteiger partial charge < -0.3 is 24.4 Å². The van der Waals surface area contributed by atoms with Crippen LogP contribution in [0.15, 0.2) is 67.0 Å². The van der Waals surface area contributed by atoms with Crippen molar-refractivity contribution < 1.29 is 23.5 Å². The lowest BCUT2D eigenvalue weighted by Crippen LogP contribution is -2.52. The molecular formula is C47H56FN7O4. The van der Waals surface area contributed by atoms with Gasteiger partial charge in [-0.15, -0.1) is 0 Å². The molecule has 12 heteroatoms. The van der Waals surface area contributed by atoms with Gasteiger partial charge in [0.2, 0.25) is 11.8 Å². The Kier molecular flexibility index (Phi) is 10.4. The predicted molar refractivity (Wildman–Crippen MR) is 228 cm³/mol. The number of H-pyrrole nitrogens is 1. The number of nitrogens with one attached hydrogen (secondary N) is 2. The second kappa shape index (κ2) is 15.5. The molecule has 4 saturated heterocycles. The van der Waals surface area contributed by atoms with E-state index in [1.54, 1.807) is 4.90 Å². The van der Waals surface area contributed by atoms with Gasteiger partial charge in [0.05, 0.1) is 11.2 Å². The van der Waals surface area contributed by atoms with E-state index in [0.29, 0.717) is 35.8 Å². The third-order valence-corrected chi connectivity index (χ3v) is 13.2. The SMILES string of the molecule is CC1(C)CC(C=C(c2ccc(N3CCC(CN4CCN(c5ccc6c(c5)CN([C@H]5CCC(=O)NC5=O)C6=O)CC4)CC3)nc2)c2ccc3[nH]cc(F)c3c2)CC(C)(C)O1. The monoisotopic (exact) mass is 801 g/mol. The molecule has 310 valence electrons. The van der Waals surface area contributed by atoms with Gasteiger partial charge in [0.15, 0.2) is 0 Å². The minimum Gasteiger partial charge on any atom is -0.370 e. The molecule has 1 atom stereocenters. The molecule has 2 N–H and O–H groups in total. The zero-order valence-electron chi connectivity index (χ0n) is 34.7. The van der Waals surface area contributed by atoms with E-state index in [4.69, 9.17) is 9.72 Å². The molecule has 0 bridgehead atoms. The summed E-state index contributed by atoms with van der Waals surface area (Å²) >= 11 is 0. The molecule has 7 heterocycles. The van der Waals surface area contributed by atoms with E-state index in [9.17, 15) is 18.8 Å². The average molecular weight is 802 g/mol. The van der Waals surface area contributed by atoms with E-state index in [1.165, 1.54) is 6.20 Å². The Morgan fingerprint density at radius 2 is 1.63 bits per heavy atom. The second-order valence-corrected chi connectivity index (χ2v) is 18.6. The van der Waals surface area contributed by atoms with Crippen molar-refractivity contribution in [3.8, 4) is 0 Å². The molecule has 2 aromatic heterocycles. The van der Waals surface area contributed by atoms with E-state index in [1.807, 2.05) is 30.5 Å². The van der Waals surface area contributed by atoms with Crippen molar-refractivity contribution in [3.63, 3.8) is 0 Å². The van der Waals surface area contributed by atoms with Gasteiger partial charge >= 0.3 is 0 Å². The first-order chi connectivity index (χ1) is 28.3. The van der Waals surface area contributed by atoms with Crippen molar-refractivity contribution in [2.24, 2.45) is 11.8 Å². The number of rotatable bonds is 8. The fraction of sp³-hybridized carbons (Fsp3) is 0.489. The Morgan fingerprint density at radius 3 is 2.34 bits per heavy atom.